The highest BCUT2D eigenvalue weighted by Gasteiger charge is 2.23. The molecule has 5 heteroatoms. The lowest BCUT2D eigenvalue weighted by atomic mass is 10.0. The van der Waals surface area contributed by atoms with E-state index in [1.807, 2.05) is 51.7 Å². The Morgan fingerprint density at radius 1 is 1.14 bits per heavy atom. The van der Waals surface area contributed by atoms with Crippen molar-refractivity contribution < 1.29 is 4.79 Å². The Bertz CT molecular complexity index is 921. The van der Waals surface area contributed by atoms with Crippen molar-refractivity contribution in [1.29, 1.82) is 0 Å². The summed E-state index contributed by atoms with van der Waals surface area (Å²) in [5, 5.41) is 0.469. The number of amides is 1. The van der Waals surface area contributed by atoms with E-state index in [-0.39, 0.29) is 5.91 Å². The summed E-state index contributed by atoms with van der Waals surface area (Å²) in [7, 11) is 0. The van der Waals surface area contributed by atoms with E-state index in [1.165, 1.54) is 16.7 Å². The highest BCUT2D eigenvalue weighted by atomic mass is 32.2. The van der Waals surface area contributed by atoms with Gasteiger partial charge in [0.25, 0.3) is 5.91 Å². The van der Waals surface area contributed by atoms with Gasteiger partial charge in [0.2, 0.25) is 0 Å². The first-order valence-electron chi connectivity index (χ1n) is 9.72. The van der Waals surface area contributed by atoms with Crippen LogP contribution >= 0.6 is 11.8 Å². The smallest absolute Gasteiger partial charge is 0.253 e. The van der Waals surface area contributed by atoms with Crippen LogP contribution in [-0.4, -0.2) is 39.2 Å². The fourth-order valence-corrected chi connectivity index (χ4v) is 5.02. The molecule has 1 saturated heterocycles. The molecule has 1 aromatic heterocycles. The second-order valence-corrected chi connectivity index (χ2v) is 8.54. The number of nitrogens with zero attached hydrogens (tertiary/aromatic N) is 3. The Labute approximate surface area is 170 Å². The molecular formula is C23H25N3OS. The molecule has 1 aliphatic rings. The summed E-state index contributed by atoms with van der Waals surface area (Å²) in [6, 6.07) is 16.6. The van der Waals surface area contributed by atoms with E-state index in [4.69, 9.17) is 0 Å². The number of aromatic nitrogens is 2. The topological polar surface area (TPSA) is 38.1 Å². The molecule has 0 saturated carbocycles. The summed E-state index contributed by atoms with van der Waals surface area (Å²) < 4.78 is 2.02. The summed E-state index contributed by atoms with van der Waals surface area (Å²) in [4.78, 5) is 19.1. The van der Waals surface area contributed by atoms with Crippen molar-refractivity contribution >= 4 is 17.7 Å². The van der Waals surface area contributed by atoms with Crippen LogP contribution in [0.25, 0.3) is 0 Å². The van der Waals surface area contributed by atoms with E-state index in [2.05, 4.69) is 36.2 Å². The molecule has 0 N–H and O–H groups in total. The van der Waals surface area contributed by atoms with Crippen molar-refractivity contribution in [2.24, 2.45) is 0 Å². The van der Waals surface area contributed by atoms with E-state index in [0.717, 1.165) is 37.4 Å². The predicted molar refractivity (Wildman–Crippen MR) is 115 cm³/mol. The van der Waals surface area contributed by atoms with Gasteiger partial charge < -0.3 is 9.47 Å². The lowest BCUT2D eigenvalue weighted by molar-refractivity contribution is 0.0766. The maximum absolute atomic E-state index is 13.0. The predicted octanol–water partition coefficient (Wildman–Crippen LogP) is 4.56. The number of hydrogen-bond acceptors (Lipinski definition) is 3. The zero-order valence-corrected chi connectivity index (χ0v) is 16.9. The van der Waals surface area contributed by atoms with Crippen molar-refractivity contribution in [3.8, 4) is 0 Å². The Kier molecular flexibility index (Phi) is 5.81. The quantitative estimate of drug-likeness (QED) is 0.654. The van der Waals surface area contributed by atoms with E-state index in [0.29, 0.717) is 5.25 Å². The minimum Gasteiger partial charge on any atom is -0.338 e. The number of thioether (sulfide) groups is 1. The second kappa shape index (κ2) is 8.65. The fraction of sp³-hybridized carbons (Fsp3) is 0.304. The first kappa shape index (κ1) is 18.8. The van der Waals surface area contributed by atoms with Crippen molar-refractivity contribution in [2.45, 2.75) is 25.1 Å². The van der Waals surface area contributed by atoms with Gasteiger partial charge in [-0.25, -0.2) is 4.98 Å². The summed E-state index contributed by atoms with van der Waals surface area (Å²) in [5.74, 6) is 1.11. The van der Waals surface area contributed by atoms with Crippen LogP contribution in [0.15, 0.2) is 67.3 Å². The number of hydrogen-bond donors (Lipinski definition) is 0. The molecule has 4 nitrogen and oxygen atoms in total. The van der Waals surface area contributed by atoms with E-state index in [9.17, 15) is 4.79 Å². The molecule has 1 aliphatic heterocycles. The van der Waals surface area contributed by atoms with Gasteiger partial charge in [0.15, 0.2) is 0 Å². The van der Waals surface area contributed by atoms with Crippen LogP contribution in [0.3, 0.4) is 0 Å². The van der Waals surface area contributed by atoms with Crippen LogP contribution < -0.4 is 0 Å². The minimum atomic E-state index is 0.139. The van der Waals surface area contributed by atoms with Gasteiger partial charge in [-0.1, -0.05) is 36.4 Å². The summed E-state index contributed by atoms with van der Waals surface area (Å²) in [6.07, 6.45) is 6.52. The third-order valence-corrected chi connectivity index (χ3v) is 6.60. The third kappa shape index (κ3) is 4.30. The van der Waals surface area contributed by atoms with Gasteiger partial charge in [0.05, 0.1) is 6.33 Å². The van der Waals surface area contributed by atoms with Crippen molar-refractivity contribution in [3.63, 3.8) is 0 Å². The van der Waals surface area contributed by atoms with Crippen molar-refractivity contribution in [2.75, 3.05) is 18.8 Å². The molecule has 0 radical (unpaired) electrons. The number of imidazole rings is 1. The van der Waals surface area contributed by atoms with Gasteiger partial charge in [-0.05, 0) is 42.2 Å². The highest BCUT2D eigenvalue weighted by molar-refractivity contribution is 7.99. The summed E-state index contributed by atoms with van der Waals surface area (Å²) in [5.41, 5.74) is 4.69. The lowest BCUT2D eigenvalue weighted by Crippen LogP contribution is -2.32. The summed E-state index contributed by atoms with van der Waals surface area (Å²) >= 11 is 1.97. The van der Waals surface area contributed by atoms with Crippen LogP contribution in [-0.2, 0) is 6.54 Å². The van der Waals surface area contributed by atoms with Gasteiger partial charge in [0, 0.05) is 48.6 Å². The maximum atomic E-state index is 13.0. The lowest BCUT2D eigenvalue weighted by Gasteiger charge is -2.21. The van der Waals surface area contributed by atoms with Crippen molar-refractivity contribution in [1.82, 2.24) is 14.5 Å². The number of aryl methyl sites for hydroxylation is 1. The molecule has 1 atom stereocenters. The SMILES string of the molecule is Cc1ccccc1[C@H]1CCN(C(=O)c2ccc(Cn3ccnc3)cc2)CCS1. The average molecular weight is 392 g/mol. The zero-order chi connectivity index (χ0) is 19.3. The fourth-order valence-electron chi connectivity index (χ4n) is 3.70. The van der Waals surface area contributed by atoms with Crippen LogP contribution in [0.4, 0.5) is 0 Å². The standard InChI is InChI=1S/C23H25N3OS/c1-18-4-2-3-5-21(18)22-10-12-26(14-15-28-22)23(27)20-8-6-19(7-9-20)16-25-13-11-24-17-25/h2-9,11,13,17,22H,10,12,14-16H2,1H3/t22-/m1/s1. The Balaban J connectivity index is 1.40. The van der Waals surface area contributed by atoms with Crippen LogP contribution in [0.1, 0.15) is 38.7 Å². The first-order valence-corrected chi connectivity index (χ1v) is 10.8. The summed E-state index contributed by atoms with van der Waals surface area (Å²) in [6.45, 7) is 4.56. The highest BCUT2D eigenvalue weighted by Crippen LogP contribution is 2.36. The molecule has 0 aliphatic carbocycles. The van der Waals surface area contributed by atoms with Gasteiger partial charge >= 0.3 is 0 Å². The van der Waals surface area contributed by atoms with Crippen LogP contribution in [0.2, 0.25) is 0 Å². The first-order chi connectivity index (χ1) is 13.7. The van der Waals surface area contributed by atoms with Gasteiger partial charge in [-0.3, -0.25) is 4.79 Å². The number of benzene rings is 2. The van der Waals surface area contributed by atoms with Gasteiger partial charge in [-0.15, -0.1) is 0 Å². The van der Waals surface area contributed by atoms with E-state index < -0.39 is 0 Å². The Morgan fingerprint density at radius 2 is 1.96 bits per heavy atom. The molecule has 0 bridgehead atoms. The molecule has 4 rings (SSSR count). The molecule has 1 fully saturated rings. The maximum Gasteiger partial charge on any atom is 0.253 e. The molecule has 2 aromatic carbocycles. The normalized spacial score (nSPS) is 17.3. The molecule has 0 spiro atoms. The molecule has 0 unspecified atom stereocenters. The second-order valence-electron chi connectivity index (χ2n) is 7.23. The molecule has 1 amide bonds. The van der Waals surface area contributed by atoms with Gasteiger partial charge in [0.1, 0.15) is 0 Å². The molecular weight excluding hydrogens is 366 g/mol. The number of carbonyl (C=O) groups is 1. The van der Waals surface area contributed by atoms with Gasteiger partial charge in [-0.2, -0.15) is 11.8 Å². The Morgan fingerprint density at radius 3 is 2.71 bits per heavy atom. The minimum absolute atomic E-state index is 0.139. The largest absolute Gasteiger partial charge is 0.338 e. The Hall–Kier alpha value is -2.53. The number of rotatable bonds is 4. The average Bonchev–Trinajstić information content (AvgIpc) is 3.10. The number of carbonyl (C=O) groups excluding carboxylic acids is 1. The molecule has 144 valence electrons. The monoisotopic (exact) mass is 391 g/mol. The van der Waals surface area contributed by atoms with E-state index in [1.54, 1.807) is 12.5 Å². The molecule has 2 heterocycles. The molecule has 3 aromatic rings. The van der Waals surface area contributed by atoms with Crippen LogP contribution in [0.5, 0.6) is 0 Å². The van der Waals surface area contributed by atoms with Crippen LogP contribution in [0, 0.1) is 6.92 Å². The molecule has 28 heavy (non-hydrogen) atoms. The van der Waals surface area contributed by atoms with E-state index >= 15 is 0 Å². The third-order valence-electron chi connectivity index (χ3n) is 5.29. The van der Waals surface area contributed by atoms with Crippen molar-refractivity contribution in [3.05, 3.63) is 89.5 Å². The zero-order valence-electron chi connectivity index (χ0n) is 16.1.